The maximum Gasteiger partial charge on any atom is 0.234 e. The molecule has 1 aromatic carbocycles. The summed E-state index contributed by atoms with van der Waals surface area (Å²) in [6.07, 6.45) is 25.4. The number of benzene rings is 1. The molecule has 0 radical (unpaired) electrons. The van der Waals surface area contributed by atoms with Crippen molar-refractivity contribution in [3.63, 3.8) is 0 Å². The van der Waals surface area contributed by atoms with Gasteiger partial charge in [-0.3, -0.25) is 9.59 Å². The van der Waals surface area contributed by atoms with Gasteiger partial charge in [0.05, 0.1) is 47.5 Å². The number of aliphatic hydroxyl groups excluding tert-OH is 5. The van der Waals surface area contributed by atoms with Gasteiger partial charge in [0.1, 0.15) is 34.6 Å². The zero-order valence-electron chi connectivity index (χ0n) is 55.6. The number of carbonyl (C=O) groups is 2. The zero-order chi connectivity index (χ0) is 65.3. The summed E-state index contributed by atoms with van der Waals surface area (Å²) in [5, 5.41) is 125. The smallest absolute Gasteiger partial charge is 0.234 e. The average Bonchev–Trinajstić information content (AvgIpc) is 1.03. The van der Waals surface area contributed by atoms with E-state index >= 15 is 9.59 Å². The van der Waals surface area contributed by atoms with Crippen molar-refractivity contribution in [3.8, 4) is 5.75 Å². The molecule has 0 unspecified atom stereocenters. The predicted octanol–water partition coefficient (Wildman–Crippen LogP) is 9.35. The number of fused-ring (bicyclic) bond motifs is 4. The normalized spacial score (nSPS) is 52.1. The highest BCUT2D eigenvalue weighted by atomic mass is 33.1. The van der Waals surface area contributed by atoms with E-state index in [0.29, 0.717) is 100 Å². The number of ether oxygens (including phenoxy) is 2. The third-order valence-electron chi connectivity index (χ3n) is 31.7. The maximum atomic E-state index is 17.0. The van der Waals surface area contributed by atoms with Crippen LogP contribution in [0, 0.1) is 97.6 Å². The number of aliphatic hydroxyl groups is 8. The highest BCUT2D eigenvalue weighted by molar-refractivity contribution is 8.76. The number of allylic oxidation sites excluding steroid dienone is 4. The van der Waals surface area contributed by atoms with Gasteiger partial charge in [-0.25, -0.2) is 0 Å². The first-order chi connectivity index (χ1) is 45.0. The van der Waals surface area contributed by atoms with Gasteiger partial charge in [-0.05, 0) is 203 Å². The first-order valence-electron chi connectivity index (χ1n) is 37.0. The van der Waals surface area contributed by atoms with Gasteiger partial charge in [-0.1, -0.05) is 124 Å². The van der Waals surface area contributed by atoms with Crippen LogP contribution in [0.5, 0.6) is 5.75 Å². The van der Waals surface area contributed by atoms with Crippen LogP contribution in [0.2, 0.25) is 0 Å². The van der Waals surface area contributed by atoms with Crippen LogP contribution >= 0.6 is 21.6 Å². The molecule has 11 aliphatic carbocycles. The second-order valence-electron chi connectivity index (χ2n) is 34.4. The SMILES string of the molecule is CC(C)[C@@H](C)[C@@H]1O[C@H]1[C@@]1(O)CC=C[C@H]2C[C@H]3C4=CC(=O)[C@@]5(C[C@@H](O)[C@]6(O)[C@@H](O)C=C[C@@H]7CCC[C@@]76[C@]35C)[C@@H](O)SSC[C@H]3CCC[C@H](CO)[C@]35C(=O)N(C[C@]53CC[C@@H]([C@@H]5C[C@@H]6C=C7C=CCO[C@H]7C[C@H]6C6(CCCCC6)N5)[C@@H]3O)c3cc(O)cc(c3)CC[C@]23[C@@H]1CC[C@@]43O. The predicted molar refractivity (Wildman–Crippen MR) is 359 cm³/mol. The Morgan fingerprint density at radius 3 is 2.46 bits per heavy atom. The molecule has 94 heavy (non-hydrogen) atoms. The minimum absolute atomic E-state index is 0.0220. The highest BCUT2D eigenvalue weighted by Gasteiger charge is 2.86. The van der Waals surface area contributed by atoms with Crippen LogP contribution in [-0.2, 0) is 25.5 Å². The molecular formula is C77H104N2O13S2. The average molecular weight is 1330 g/mol. The Balaban J connectivity index is 0.833. The van der Waals surface area contributed by atoms with Gasteiger partial charge in [-0.2, -0.15) is 0 Å². The quantitative estimate of drug-likeness (QED) is 0.0749. The number of ketones is 1. The third kappa shape index (κ3) is 7.95. The molecule has 17 heteroatoms. The van der Waals surface area contributed by atoms with E-state index in [0.717, 1.165) is 50.5 Å². The Bertz CT molecular complexity index is 3420. The zero-order valence-corrected chi connectivity index (χ0v) is 57.3. The second kappa shape index (κ2) is 22.1. The fourth-order valence-corrected chi connectivity index (χ4v) is 30.5. The lowest BCUT2D eigenvalue weighted by Gasteiger charge is -2.76. The van der Waals surface area contributed by atoms with Crippen molar-refractivity contribution in [1.82, 2.24) is 5.32 Å². The number of aromatic hydroxyl groups is 1. The number of nitrogens with one attached hydrogen (secondary N) is 1. The highest BCUT2D eigenvalue weighted by Crippen LogP contribution is 2.83. The van der Waals surface area contributed by atoms with E-state index in [9.17, 15) is 46.0 Å². The number of anilines is 1. The van der Waals surface area contributed by atoms with Gasteiger partial charge < -0.3 is 65.6 Å². The van der Waals surface area contributed by atoms with E-state index < -0.39 is 120 Å². The molecule has 10 N–H and O–H groups in total. The molecule has 3 saturated heterocycles. The number of amides is 1. The Morgan fingerprint density at radius 2 is 1.66 bits per heavy atom. The van der Waals surface area contributed by atoms with E-state index in [4.69, 9.17) is 9.47 Å². The van der Waals surface area contributed by atoms with Crippen molar-refractivity contribution < 1.29 is 65.0 Å². The molecule has 7 heterocycles. The van der Waals surface area contributed by atoms with Gasteiger partial charge in [0.15, 0.2) is 5.78 Å². The van der Waals surface area contributed by atoms with E-state index in [1.807, 2.05) is 17.0 Å². The largest absolute Gasteiger partial charge is 0.508 e. The summed E-state index contributed by atoms with van der Waals surface area (Å²) >= 11 is 0. The Morgan fingerprint density at radius 1 is 0.840 bits per heavy atom. The molecule has 512 valence electrons. The summed E-state index contributed by atoms with van der Waals surface area (Å²) in [6.45, 7) is 9.10. The molecule has 7 saturated carbocycles. The molecule has 19 rings (SSSR count). The number of phenolic OH excluding ortho intramolecular Hbond substituents is 1. The molecular weight excluding hydrogens is 1220 g/mol. The van der Waals surface area contributed by atoms with Crippen molar-refractivity contribution in [2.45, 2.75) is 239 Å². The Kier molecular flexibility index (Phi) is 15.1. The van der Waals surface area contributed by atoms with Gasteiger partial charge in [-0.15, -0.1) is 0 Å². The number of hydrogen-bond acceptors (Lipinski definition) is 16. The van der Waals surface area contributed by atoms with Crippen molar-refractivity contribution in [1.29, 1.82) is 0 Å². The van der Waals surface area contributed by atoms with Crippen LogP contribution in [0.3, 0.4) is 0 Å². The Hall–Kier alpha value is -2.88. The van der Waals surface area contributed by atoms with E-state index in [1.165, 1.54) is 33.6 Å². The van der Waals surface area contributed by atoms with Gasteiger partial charge in [0.2, 0.25) is 5.91 Å². The van der Waals surface area contributed by atoms with Crippen molar-refractivity contribution >= 4 is 39.0 Å². The molecule has 6 spiro atoms. The standard InChI is InChI=1S/C77H104N2O13S2/c1-42(2)43(3)63-65(92-63)73(88)24-9-16-48-34-55-56-37-61(83)72(38-62(84)77(90)60(82)18-17-47-15-10-25-74(47,77)68(55,72)4)67(87)94-93-40-50-14-8-13-49(39-80)76(50)66(86)79(51-30-44(31-52(81)35-51)19-27-71(48)59(73)21-28-75(56,71)89)41-69(76)26-20-53(64(69)85)57-33-46-32-45-12-11-29-91-58(45)36-54(46)70(78-57)22-6-5-7-23-70/h9,11-12,16-18,30-32,35,37,42-43,46-50,53-55,57-60,62-65,67,78,80-82,84-85,87-90H,5-8,10,13-15,19-29,33-34,36,38-41H2,1-4H3/t43-,46+,47+,48+,49-,50-,53+,54-,55+,57+,58+,59+,60+,62-,63+,64+,65-,67+,68-,69+,71-,72+,73-,74+,75-,76-,77-/m1/s1. The lowest BCUT2D eigenvalue weighted by Crippen LogP contribution is -2.82. The van der Waals surface area contributed by atoms with Crippen molar-refractivity contribution in [2.75, 3.05) is 30.4 Å². The Labute approximate surface area is 562 Å². The van der Waals surface area contributed by atoms with Gasteiger partial charge >= 0.3 is 0 Å². The van der Waals surface area contributed by atoms with E-state index in [2.05, 4.69) is 63.4 Å². The number of rotatable bonds is 5. The van der Waals surface area contributed by atoms with Crippen LogP contribution in [0.25, 0.3) is 0 Å². The third-order valence-corrected chi connectivity index (χ3v) is 34.3. The van der Waals surface area contributed by atoms with Crippen LogP contribution in [0.1, 0.15) is 168 Å². The maximum absolute atomic E-state index is 17.0. The second-order valence-corrected chi connectivity index (χ2v) is 36.9. The lowest BCUT2D eigenvalue weighted by atomic mass is 9.29. The summed E-state index contributed by atoms with van der Waals surface area (Å²) in [5.41, 5.74) is -11.9. The molecule has 8 bridgehead atoms. The van der Waals surface area contributed by atoms with Crippen LogP contribution in [0.4, 0.5) is 5.69 Å². The number of aryl methyl sites for hydroxylation is 1. The van der Waals surface area contributed by atoms with Crippen LogP contribution < -0.4 is 10.2 Å². The lowest BCUT2D eigenvalue weighted by molar-refractivity contribution is -0.330. The summed E-state index contributed by atoms with van der Waals surface area (Å²) in [4.78, 5) is 35.7. The summed E-state index contributed by atoms with van der Waals surface area (Å²) in [6, 6.07) is 5.41. The number of hydrogen-bond donors (Lipinski definition) is 10. The summed E-state index contributed by atoms with van der Waals surface area (Å²) in [5.74, 6) is -2.39. The summed E-state index contributed by atoms with van der Waals surface area (Å²) < 4.78 is 13.1. The first-order valence-corrected chi connectivity index (χ1v) is 39.4. The van der Waals surface area contributed by atoms with Crippen molar-refractivity contribution in [2.24, 2.45) is 97.6 Å². The van der Waals surface area contributed by atoms with Gasteiger partial charge in [0.25, 0.3) is 0 Å². The van der Waals surface area contributed by atoms with Crippen LogP contribution in [0.15, 0.2) is 78.0 Å². The first kappa shape index (κ1) is 64.5. The molecule has 1 amide bonds. The number of nitrogens with zero attached hydrogens (tertiary/aromatic N) is 1. The molecule has 10 fully saturated rings. The summed E-state index contributed by atoms with van der Waals surface area (Å²) in [7, 11) is 2.60. The minimum Gasteiger partial charge on any atom is -0.508 e. The molecule has 0 aromatic heterocycles. The molecule has 27 atom stereocenters. The molecule has 18 aliphatic rings. The fraction of sp³-hybridized carbons (Fsp3) is 0.766. The number of carbonyl (C=O) groups excluding carboxylic acids is 2. The fourth-order valence-electron chi connectivity index (χ4n) is 27.5. The molecule has 1 aromatic rings. The van der Waals surface area contributed by atoms with E-state index in [-0.39, 0.29) is 91.5 Å². The van der Waals surface area contributed by atoms with E-state index in [1.54, 1.807) is 24.3 Å². The monoisotopic (exact) mass is 1330 g/mol. The number of phenols is 1. The van der Waals surface area contributed by atoms with Gasteiger partial charge in [0, 0.05) is 70.3 Å². The number of epoxide rings is 1. The minimum atomic E-state index is -2.13. The topological polar surface area (TPSA) is 253 Å². The molecule has 15 nitrogen and oxygen atoms in total. The molecule has 7 aliphatic heterocycles. The van der Waals surface area contributed by atoms with Crippen LogP contribution in [-0.4, -0.2) is 154 Å². The van der Waals surface area contributed by atoms with Crippen molar-refractivity contribution in [3.05, 3.63) is 83.5 Å². The number of piperidine rings is 1.